The van der Waals surface area contributed by atoms with Gasteiger partial charge in [0, 0.05) is 0 Å². The lowest BCUT2D eigenvalue weighted by Gasteiger charge is -2.19. The van der Waals surface area contributed by atoms with Gasteiger partial charge in [-0.1, -0.05) is 24.3 Å². The van der Waals surface area contributed by atoms with Gasteiger partial charge in [-0.2, -0.15) is 18.4 Å². The molecule has 0 saturated carbocycles. The Morgan fingerprint density at radius 3 is 2.58 bits per heavy atom. The minimum Gasteiger partial charge on any atom is -0.327 e. The second kappa shape index (κ2) is 6.61. The van der Waals surface area contributed by atoms with Crippen molar-refractivity contribution in [2.45, 2.75) is 6.18 Å². The average molecular weight is 373 g/mol. The minimum absolute atomic E-state index is 0.0297. The molecule has 0 aromatic heterocycles. The molecule has 0 atom stereocenters. The summed E-state index contributed by atoms with van der Waals surface area (Å²) in [7, 11) is 0. The fourth-order valence-electron chi connectivity index (χ4n) is 2.53. The molecule has 2 aromatic rings. The van der Waals surface area contributed by atoms with Crippen molar-refractivity contribution in [2.24, 2.45) is 0 Å². The summed E-state index contributed by atoms with van der Waals surface area (Å²) in [6.07, 6.45) is -3.19. The summed E-state index contributed by atoms with van der Waals surface area (Å²) < 4.78 is 39.7. The summed E-state index contributed by atoms with van der Waals surface area (Å²) in [5.41, 5.74) is -0.315. The molecule has 0 spiro atoms. The summed E-state index contributed by atoms with van der Waals surface area (Å²) in [6.45, 7) is 0. The lowest BCUT2D eigenvalue weighted by molar-refractivity contribution is -0.137. The fourth-order valence-corrected chi connectivity index (χ4v) is 2.82. The summed E-state index contributed by atoms with van der Waals surface area (Å²) in [6, 6.07) is 13.2. The predicted octanol–water partition coefficient (Wildman–Crippen LogP) is 3.84. The highest BCUT2D eigenvalue weighted by Crippen LogP contribution is 2.37. The van der Waals surface area contributed by atoms with E-state index in [0.717, 1.165) is 11.0 Å². The van der Waals surface area contributed by atoms with Crippen molar-refractivity contribution >= 4 is 35.0 Å². The van der Waals surface area contributed by atoms with Gasteiger partial charge in [-0.05, 0) is 48.1 Å². The van der Waals surface area contributed by atoms with E-state index in [1.807, 2.05) is 6.07 Å². The smallest absolute Gasteiger partial charge is 0.327 e. The molecule has 1 aliphatic heterocycles. The van der Waals surface area contributed by atoms with Gasteiger partial charge in [0.2, 0.25) is 0 Å². The van der Waals surface area contributed by atoms with E-state index >= 15 is 0 Å². The number of nitrogens with one attached hydrogen (secondary N) is 1. The number of carbonyl (C=O) groups excluding carboxylic acids is 1. The Kier molecular flexibility index (Phi) is 4.49. The molecule has 0 radical (unpaired) electrons. The van der Waals surface area contributed by atoms with Gasteiger partial charge in [0.1, 0.15) is 5.70 Å². The second-order valence-corrected chi connectivity index (χ2v) is 5.77. The van der Waals surface area contributed by atoms with Gasteiger partial charge >= 0.3 is 6.18 Å². The molecule has 1 saturated heterocycles. The molecule has 1 amide bonds. The van der Waals surface area contributed by atoms with Crippen LogP contribution in [0.4, 0.5) is 18.9 Å². The zero-order valence-electron chi connectivity index (χ0n) is 13.0. The second-order valence-electron chi connectivity index (χ2n) is 5.38. The van der Waals surface area contributed by atoms with E-state index in [2.05, 4.69) is 5.32 Å². The van der Waals surface area contributed by atoms with E-state index in [0.29, 0.717) is 11.1 Å². The molecule has 1 heterocycles. The van der Waals surface area contributed by atoms with Crippen LogP contribution >= 0.6 is 12.2 Å². The normalized spacial score (nSPS) is 15.9. The van der Waals surface area contributed by atoms with Crippen molar-refractivity contribution < 1.29 is 18.0 Å². The van der Waals surface area contributed by atoms with Gasteiger partial charge in [-0.3, -0.25) is 9.69 Å². The van der Waals surface area contributed by atoms with Crippen molar-refractivity contribution in [1.29, 1.82) is 5.26 Å². The van der Waals surface area contributed by atoms with Crippen molar-refractivity contribution in [3.05, 3.63) is 70.9 Å². The number of hydrogen-bond acceptors (Lipinski definition) is 3. The first-order chi connectivity index (χ1) is 12.3. The van der Waals surface area contributed by atoms with Crippen molar-refractivity contribution in [3.8, 4) is 6.07 Å². The number of benzene rings is 2. The predicted molar refractivity (Wildman–Crippen MR) is 93.8 cm³/mol. The summed E-state index contributed by atoms with van der Waals surface area (Å²) >= 11 is 5.06. The average Bonchev–Trinajstić information content (AvgIpc) is 2.88. The molecule has 1 fully saturated rings. The van der Waals surface area contributed by atoms with Gasteiger partial charge < -0.3 is 5.32 Å². The topological polar surface area (TPSA) is 56.1 Å². The zero-order chi connectivity index (χ0) is 18.9. The van der Waals surface area contributed by atoms with Crippen LogP contribution in [0.3, 0.4) is 0 Å². The van der Waals surface area contributed by atoms with Crippen LogP contribution in [0.2, 0.25) is 0 Å². The fraction of sp³-hybridized carbons (Fsp3) is 0.0556. The summed E-state index contributed by atoms with van der Waals surface area (Å²) in [5, 5.41) is 11.4. The number of carbonyl (C=O) groups is 1. The third-order valence-electron chi connectivity index (χ3n) is 3.66. The highest BCUT2D eigenvalue weighted by atomic mass is 32.1. The first-order valence-corrected chi connectivity index (χ1v) is 7.75. The zero-order valence-corrected chi connectivity index (χ0v) is 13.9. The Balaban J connectivity index is 2.01. The molecule has 4 nitrogen and oxygen atoms in total. The molecular weight excluding hydrogens is 363 g/mol. The largest absolute Gasteiger partial charge is 0.418 e. The van der Waals surface area contributed by atoms with Crippen LogP contribution in [0, 0.1) is 11.3 Å². The van der Waals surface area contributed by atoms with Gasteiger partial charge in [-0.15, -0.1) is 0 Å². The maximum Gasteiger partial charge on any atom is 0.418 e. The third kappa shape index (κ3) is 3.30. The van der Waals surface area contributed by atoms with Gasteiger partial charge in [0.05, 0.1) is 22.9 Å². The van der Waals surface area contributed by atoms with Crippen LogP contribution in [-0.2, 0) is 11.0 Å². The first kappa shape index (κ1) is 17.6. The van der Waals surface area contributed by atoms with Crippen LogP contribution in [0.25, 0.3) is 6.08 Å². The molecule has 1 aliphatic rings. The highest BCUT2D eigenvalue weighted by molar-refractivity contribution is 7.80. The Morgan fingerprint density at radius 1 is 1.15 bits per heavy atom. The maximum atomic E-state index is 13.2. The Morgan fingerprint density at radius 2 is 1.88 bits per heavy atom. The number of alkyl halides is 3. The molecule has 0 bridgehead atoms. The summed E-state index contributed by atoms with van der Waals surface area (Å²) in [4.78, 5) is 13.4. The number of rotatable bonds is 2. The molecule has 0 unspecified atom stereocenters. The number of nitriles is 1. The lowest BCUT2D eigenvalue weighted by Crippen LogP contribution is -2.32. The standard InChI is InChI=1S/C18H10F3N3OS/c19-18(20,21)13-6-1-2-7-15(13)24-16(25)14(23-17(24)26)9-11-4-3-5-12(8-11)10-22/h1-9H,(H,23,26). The number of amides is 1. The van der Waals surface area contributed by atoms with Crippen LogP contribution < -0.4 is 10.2 Å². The third-order valence-corrected chi connectivity index (χ3v) is 3.94. The van der Waals surface area contributed by atoms with E-state index in [9.17, 15) is 18.0 Å². The van der Waals surface area contributed by atoms with Crippen molar-refractivity contribution in [2.75, 3.05) is 4.90 Å². The molecule has 2 aromatic carbocycles. The molecule has 1 N–H and O–H groups in total. The number of nitrogens with zero attached hydrogens (tertiary/aromatic N) is 2. The monoisotopic (exact) mass is 373 g/mol. The molecule has 8 heteroatoms. The number of thiocarbonyl (C=S) groups is 1. The van der Waals surface area contributed by atoms with Gasteiger partial charge in [-0.25, -0.2) is 0 Å². The Bertz CT molecular complexity index is 976. The van der Waals surface area contributed by atoms with Crippen LogP contribution in [0.1, 0.15) is 16.7 Å². The van der Waals surface area contributed by atoms with E-state index in [1.165, 1.54) is 24.3 Å². The maximum absolute atomic E-state index is 13.2. The van der Waals surface area contributed by atoms with Crippen molar-refractivity contribution in [3.63, 3.8) is 0 Å². The van der Waals surface area contributed by atoms with Crippen LogP contribution in [0.15, 0.2) is 54.2 Å². The van der Waals surface area contributed by atoms with E-state index in [-0.39, 0.29) is 16.5 Å². The van der Waals surface area contributed by atoms with Crippen LogP contribution in [0.5, 0.6) is 0 Å². The molecule has 3 rings (SSSR count). The van der Waals surface area contributed by atoms with Crippen molar-refractivity contribution in [1.82, 2.24) is 5.32 Å². The molecular formula is C18H10F3N3OS. The van der Waals surface area contributed by atoms with Gasteiger partial charge in [0.15, 0.2) is 5.11 Å². The van der Waals surface area contributed by atoms with Crippen LogP contribution in [-0.4, -0.2) is 11.0 Å². The number of hydrogen-bond donors (Lipinski definition) is 1. The summed E-state index contributed by atoms with van der Waals surface area (Å²) in [5.74, 6) is -0.700. The number of para-hydroxylation sites is 1. The SMILES string of the molecule is N#Cc1cccc(C=C2NC(=S)N(c3ccccc3C(F)(F)F)C2=O)c1. The molecule has 26 heavy (non-hydrogen) atoms. The van der Waals surface area contributed by atoms with Gasteiger partial charge in [0.25, 0.3) is 5.91 Å². The van der Waals surface area contributed by atoms with E-state index < -0.39 is 17.6 Å². The quantitative estimate of drug-likeness (QED) is 0.642. The Hall–Kier alpha value is -3.18. The molecule has 0 aliphatic carbocycles. The Labute approximate surface area is 152 Å². The highest BCUT2D eigenvalue weighted by Gasteiger charge is 2.40. The van der Waals surface area contributed by atoms with E-state index in [1.54, 1.807) is 24.3 Å². The lowest BCUT2D eigenvalue weighted by atomic mass is 10.1. The number of anilines is 1. The number of halogens is 3. The minimum atomic E-state index is -4.62. The first-order valence-electron chi connectivity index (χ1n) is 7.35. The molecule has 130 valence electrons. The van der Waals surface area contributed by atoms with E-state index in [4.69, 9.17) is 17.5 Å².